The lowest BCUT2D eigenvalue weighted by molar-refractivity contribution is 0.662. The third-order valence-corrected chi connectivity index (χ3v) is 4.83. The summed E-state index contributed by atoms with van der Waals surface area (Å²) in [4.78, 5) is 0. The molecule has 0 bridgehead atoms. The molecule has 3 aromatic carbocycles. The molecule has 2 N–H and O–H groups in total. The van der Waals surface area contributed by atoms with Crippen LogP contribution in [0.1, 0.15) is 25.0 Å². The second kappa shape index (κ2) is 4.48. The number of anilines is 1. The summed E-state index contributed by atoms with van der Waals surface area (Å²) in [5.74, 6) is 0. The number of fused-ring (bicyclic) bond motifs is 3. The van der Waals surface area contributed by atoms with Crippen LogP contribution in [0.3, 0.4) is 0 Å². The number of hydrogen-bond acceptors (Lipinski definition) is 1. The Bertz CT molecular complexity index is 875. The highest BCUT2D eigenvalue weighted by Crippen LogP contribution is 2.52. The van der Waals surface area contributed by atoms with Crippen molar-refractivity contribution in [1.82, 2.24) is 0 Å². The zero-order valence-electron chi connectivity index (χ0n) is 12.9. The van der Waals surface area contributed by atoms with Crippen LogP contribution in [0.5, 0.6) is 0 Å². The number of para-hydroxylation sites is 1. The summed E-state index contributed by atoms with van der Waals surface area (Å²) in [5, 5.41) is 0. The molecule has 0 atom stereocenters. The molecule has 0 aromatic heterocycles. The van der Waals surface area contributed by atoms with E-state index in [0.717, 1.165) is 11.3 Å². The lowest BCUT2D eigenvalue weighted by Crippen LogP contribution is -2.16. The average molecular weight is 285 g/mol. The van der Waals surface area contributed by atoms with E-state index in [2.05, 4.69) is 68.4 Å². The highest BCUT2D eigenvalue weighted by molar-refractivity contribution is 5.90. The quantitative estimate of drug-likeness (QED) is 0.608. The maximum absolute atomic E-state index is 6.24. The Labute approximate surface area is 131 Å². The second-order valence-electron chi connectivity index (χ2n) is 6.49. The molecule has 4 rings (SSSR count). The molecule has 0 aliphatic heterocycles. The molecule has 0 saturated carbocycles. The van der Waals surface area contributed by atoms with Gasteiger partial charge in [-0.1, -0.05) is 74.5 Å². The standard InChI is InChI=1S/C21H19N/c1-21(2)18-12-5-3-8-14(18)16-10-7-11-17(20(16)21)15-9-4-6-13-19(15)22/h3-13H,22H2,1-2H3. The molecule has 0 fully saturated rings. The topological polar surface area (TPSA) is 26.0 Å². The van der Waals surface area contributed by atoms with Gasteiger partial charge in [-0.25, -0.2) is 0 Å². The molecule has 1 heteroatoms. The lowest BCUT2D eigenvalue weighted by Gasteiger charge is -2.24. The van der Waals surface area contributed by atoms with E-state index in [1.54, 1.807) is 0 Å². The van der Waals surface area contributed by atoms with Gasteiger partial charge in [0.2, 0.25) is 0 Å². The van der Waals surface area contributed by atoms with E-state index in [-0.39, 0.29) is 5.41 Å². The average Bonchev–Trinajstić information content (AvgIpc) is 2.77. The van der Waals surface area contributed by atoms with Crippen molar-refractivity contribution in [3.05, 3.63) is 77.9 Å². The van der Waals surface area contributed by atoms with Gasteiger partial charge in [-0.15, -0.1) is 0 Å². The fourth-order valence-electron chi connectivity index (χ4n) is 3.81. The van der Waals surface area contributed by atoms with Crippen LogP contribution in [0.25, 0.3) is 22.3 Å². The number of benzene rings is 3. The molecule has 3 aromatic rings. The Morgan fingerprint density at radius 2 is 1.18 bits per heavy atom. The minimum atomic E-state index is -0.00913. The Morgan fingerprint density at radius 1 is 0.636 bits per heavy atom. The van der Waals surface area contributed by atoms with E-state index < -0.39 is 0 Å². The Hall–Kier alpha value is -2.54. The zero-order chi connectivity index (χ0) is 15.3. The normalized spacial score (nSPS) is 14.5. The van der Waals surface area contributed by atoms with Gasteiger partial charge in [-0.3, -0.25) is 0 Å². The highest BCUT2D eigenvalue weighted by Gasteiger charge is 2.37. The van der Waals surface area contributed by atoms with E-state index in [1.807, 2.05) is 12.1 Å². The Morgan fingerprint density at radius 3 is 1.91 bits per heavy atom. The molecule has 0 amide bonds. The van der Waals surface area contributed by atoms with E-state index in [0.29, 0.717) is 0 Å². The molecule has 1 aliphatic carbocycles. The van der Waals surface area contributed by atoms with Crippen LogP contribution < -0.4 is 5.73 Å². The lowest BCUT2D eigenvalue weighted by atomic mass is 9.78. The predicted molar refractivity (Wildman–Crippen MR) is 93.9 cm³/mol. The van der Waals surface area contributed by atoms with Gasteiger partial charge in [0.05, 0.1) is 0 Å². The maximum atomic E-state index is 6.24. The Kier molecular flexibility index (Phi) is 2.67. The molecule has 108 valence electrons. The largest absolute Gasteiger partial charge is 0.398 e. The molecule has 1 aliphatic rings. The Balaban J connectivity index is 2.07. The van der Waals surface area contributed by atoms with Crippen LogP contribution in [-0.2, 0) is 5.41 Å². The van der Waals surface area contributed by atoms with Crippen LogP contribution in [0.4, 0.5) is 5.69 Å². The molecule has 0 unspecified atom stereocenters. The first-order valence-corrected chi connectivity index (χ1v) is 7.69. The van der Waals surface area contributed by atoms with Gasteiger partial charge in [0.1, 0.15) is 0 Å². The van der Waals surface area contributed by atoms with Gasteiger partial charge < -0.3 is 5.73 Å². The fourth-order valence-corrected chi connectivity index (χ4v) is 3.81. The zero-order valence-corrected chi connectivity index (χ0v) is 12.9. The summed E-state index contributed by atoms with van der Waals surface area (Å²) in [7, 11) is 0. The van der Waals surface area contributed by atoms with Gasteiger partial charge in [0, 0.05) is 16.7 Å². The van der Waals surface area contributed by atoms with Crippen molar-refractivity contribution in [3.8, 4) is 22.3 Å². The highest BCUT2D eigenvalue weighted by atomic mass is 14.6. The van der Waals surface area contributed by atoms with Gasteiger partial charge >= 0.3 is 0 Å². The SMILES string of the molecule is CC1(C)c2ccccc2-c2cccc(-c3ccccc3N)c21. The first kappa shape index (κ1) is 13.1. The van der Waals surface area contributed by atoms with Gasteiger partial charge in [-0.2, -0.15) is 0 Å². The smallest absolute Gasteiger partial charge is 0.0393 e. The van der Waals surface area contributed by atoms with Crippen LogP contribution >= 0.6 is 0 Å². The first-order chi connectivity index (χ1) is 10.6. The molecule has 0 radical (unpaired) electrons. The molecule has 22 heavy (non-hydrogen) atoms. The summed E-state index contributed by atoms with van der Waals surface area (Å²) in [6.07, 6.45) is 0. The maximum Gasteiger partial charge on any atom is 0.0393 e. The van der Waals surface area contributed by atoms with Gasteiger partial charge in [0.25, 0.3) is 0 Å². The molecule has 0 heterocycles. The molecular weight excluding hydrogens is 266 g/mol. The third-order valence-electron chi connectivity index (χ3n) is 4.83. The molecule has 0 spiro atoms. The monoisotopic (exact) mass is 285 g/mol. The minimum absolute atomic E-state index is 0.00913. The third kappa shape index (κ3) is 1.66. The van der Waals surface area contributed by atoms with E-state index >= 15 is 0 Å². The van der Waals surface area contributed by atoms with Crippen molar-refractivity contribution < 1.29 is 0 Å². The summed E-state index contributed by atoms with van der Waals surface area (Å²) in [5.41, 5.74) is 14.9. The van der Waals surface area contributed by atoms with Crippen molar-refractivity contribution in [1.29, 1.82) is 0 Å². The summed E-state index contributed by atoms with van der Waals surface area (Å²) >= 11 is 0. The van der Waals surface area contributed by atoms with E-state index in [1.165, 1.54) is 27.8 Å². The van der Waals surface area contributed by atoms with E-state index in [4.69, 9.17) is 5.73 Å². The van der Waals surface area contributed by atoms with Gasteiger partial charge in [0.15, 0.2) is 0 Å². The summed E-state index contributed by atoms with van der Waals surface area (Å²) in [6, 6.07) is 23.4. The van der Waals surface area contributed by atoms with Crippen LogP contribution in [0.2, 0.25) is 0 Å². The van der Waals surface area contributed by atoms with Crippen molar-refractivity contribution in [3.63, 3.8) is 0 Å². The summed E-state index contributed by atoms with van der Waals surface area (Å²) in [6.45, 7) is 4.61. The number of hydrogen-bond donors (Lipinski definition) is 1. The molecule has 1 nitrogen and oxygen atoms in total. The number of nitrogen functional groups attached to an aromatic ring is 1. The van der Waals surface area contributed by atoms with Crippen LogP contribution in [-0.4, -0.2) is 0 Å². The second-order valence-corrected chi connectivity index (χ2v) is 6.49. The van der Waals surface area contributed by atoms with E-state index in [9.17, 15) is 0 Å². The minimum Gasteiger partial charge on any atom is -0.398 e. The van der Waals surface area contributed by atoms with Crippen LogP contribution in [0, 0.1) is 0 Å². The van der Waals surface area contributed by atoms with Crippen molar-refractivity contribution in [2.75, 3.05) is 5.73 Å². The fraction of sp³-hybridized carbons (Fsp3) is 0.143. The van der Waals surface area contributed by atoms with Crippen molar-refractivity contribution in [2.45, 2.75) is 19.3 Å². The van der Waals surface area contributed by atoms with Crippen molar-refractivity contribution in [2.24, 2.45) is 0 Å². The number of rotatable bonds is 1. The predicted octanol–water partition coefficient (Wildman–Crippen LogP) is 5.24. The first-order valence-electron chi connectivity index (χ1n) is 7.69. The van der Waals surface area contributed by atoms with Crippen LogP contribution in [0.15, 0.2) is 66.7 Å². The van der Waals surface area contributed by atoms with Gasteiger partial charge in [-0.05, 0) is 33.9 Å². The van der Waals surface area contributed by atoms with Crippen molar-refractivity contribution >= 4 is 5.69 Å². The number of nitrogens with two attached hydrogens (primary N) is 1. The molecule has 0 saturated heterocycles. The molecular formula is C21H19N. The summed E-state index contributed by atoms with van der Waals surface area (Å²) < 4.78 is 0.